The van der Waals surface area contributed by atoms with E-state index in [1.807, 2.05) is 11.8 Å². The van der Waals surface area contributed by atoms with Gasteiger partial charge in [0, 0.05) is 44.6 Å². The van der Waals surface area contributed by atoms with Gasteiger partial charge in [0.2, 0.25) is 5.91 Å². The fourth-order valence-corrected chi connectivity index (χ4v) is 3.48. The fourth-order valence-electron chi connectivity index (χ4n) is 3.48. The van der Waals surface area contributed by atoms with E-state index in [1.165, 1.54) is 6.42 Å². The minimum Gasteiger partial charge on any atom is -0.361 e. The van der Waals surface area contributed by atoms with Crippen LogP contribution in [-0.2, 0) is 24.2 Å². The predicted molar refractivity (Wildman–Crippen MR) is 108 cm³/mol. The van der Waals surface area contributed by atoms with Gasteiger partial charge < -0.3 is 20.1 Å². The number of guanidine groups is 1. The van der Waals surface area contributed by atoms with Crippen molar-refractivity contribution < 1.29 is 9.32 Å². The number of piperidine rings is 1. The van der Waals surface area contributed by atoms with Crippen LogP contribution in [0.5, 0.6) is 0 Å². The Labute approximate surface area is 163 Å². The Morgan fingerprint density at radius 3 is 2.78 bits per heavy atom. The van der Waals surface area contributed by atoms with E-state index in [0.29, 0.717) is 25.4 Å². The normalized spacial score (nSPS) is 17.9. The molecule has 1 aliphatic heterocycles. The van der Waals surface area contributed by atoms with Gasteiger partial charge in [-0.15, -0.1) is 0 Å². The molecule has 0 radical (unpaired) electrons. The van der Waals surface area contributed by atoms with Gasteiger partial charge in [0.1, 0.15) is 5.76 Å². The molecular formula is C20H35N5O2. The van der Waals surface area contributed by atoms with Crippen molar-refractivity contribution in [3.05, 3.63) is 17.0 Å². The van der Waals surface area contributed by atoms with Gasteiger partial charge in [-0.05, 0) is 32.1 Å². The SMILES string of the molecule is CCNC(=NCc1c(CC)noc1CC)NCCC(=O)N1CCCC(C)C1. The summed E-state index contributed by atoms with van der Waals surface area (Å²) in [5, 5.41) is 10.7. The molecule has 1 aliphatic rings. The number of nitrogens with zero attached hydrogens (tertiary/aromatic N) is 3. The summed E-state index contributed by atoms with van der Waals surface area (Å²) in [5.74, 6) is 2.47. The number of aromatic nitrogens is 1. The highest BCUT2D eigenvalue weighted by Crippen LogP contribution is 2.17. The summed E-state index contributed by atoms with van der Waals surface area (Å²) in [7, 11) is 0. The summed E-state index contributed by atoms with van der Waals surface area (Å²) in [6.07, 6.45) is 4.47. The molecular weight excluding hydrogens is 342 g/mol. The van der Waals surface area contributed by atoms with Crippen molar-refractivity contribution in [2.24, 2.45) is 10.9 Å². The lowest BCUT2D eigenvalue weighted by Gasteiger charge is -2.31. The fraction of sp³-hybridized carbons (Fsp3) is 0.750. The lowest BCUT2D eigenvalue weighted by molar-refractivity contribution is -0.132. The van der Waals surface area contributed by atoms with Crippen LogP contribution >= 0.6 is 0 Å². The largest absolute Gasteiger partial charge is 0.361 e. The molecule has 7 nitrogen and oxygen atoms in total. The number of hydrogen-bond donors (Lipinski definition) is 2. The number of aryl methyl sites for hydroxylation is 2. The molecule has 1 aromatic heterocycles. The molecule has 27 heavy (non-hydrogen) atoms. The average Bonchev–Trinajstić information content (AvgIpc) is 3.07. The minimum atomic E-state index is 0.227. The third-order valence-electron chi connectivity index (χ3n) is 4.99. The molecule has 7 heteroatoms. The molecule has 1 saturated heterocycles. The van der Waals surface area contributed by atoms with Crippen LogP contribution in [0.2, 0.25) is 0 Å². The third-order valence-corrected chi connectivity index (χ3v) is 4.99. The zero-order chi connectivity index (χ0) is 19.6. The van der Waals surface area contributed by atoms with Crippen LogP contribution in [0.1, 0.15) is 64.0 Å². The second kappa shape index (κ2) is 10.9. The van der Waals surface area contributed by atoms with Gasteiger partial charge in [0.15, 0.2) is 5.96 Å². The number of likely N-dealkylation sites (tertiary alicyclic amines) is 1. The summed E-state index contributed by atoms with van der Waals surface area (Å²) >= 11 is 0. The Bertz CT molecular complexity index is 604. The van der Waals surface area contributed by atoms with Crippen LogP contribution in [-0.4, -0.2) is 48.1 Å². The number of carbonyl (C=O) groups excluding carboxylic acids is 1. The zero-order valence-electron chi connectivity index (χ0n) is 17.3. The molecule has 2 rings (SSSR count). The molecule has 0 aliphatic carbocycles. The predicted octanol–water partition coefficient (Wildman–Crippen LogP) is 2.50. The average molecular weight is 378 g/mol. The first-order chi connectivity index (χ1) is 13.1. The molecule has 2 heterocycles. The van der Waals surface area contributed by atoms with E-state index in [-0.39, 0.29) is 5.91 Å². The van der Waals surface area contributed by atoms with Gasteiger partial charge in [0.25, 0.3) is 0 Å². The summed E-state index contributed by atoms with van der Waals surface area (Å²) in [6.45, 7) is 12.0. The van der Waals surface area contributed by atoms with Crippen LogP contribution in [0.15, 0.2) is 9.52 Å². The van der Waals surface area contributed by atoms with Crippen LogP contribution in [0.4, 0.5) is 0 Å². The Hall–Kier alpha value is -2.05. The highest BCUT2D eigenvalue weighted by atomic mass is 16.5. The molecule has 0 aromatic carbocycles. The second-order valence-electron chi connectivity index (χ2n) is 7.20. The summed E-state index contributed by atoms with van der Waals surface area (Å²) < 4.78 is 5.41. The van der Waals surface area contributed by atoms with Gasteiger partial charge in [0.05, 0.1) is 12.2 Å². The lowest BCUT2D eigenvalue weighted by atomic mass is 10.00. The highest BCUT2D eigenvalue weighted by molar-refractivity contribution is 5.81. The van der Waals surface area contributed by atoms with Gasteiger partial charge in [-0.25, -0.2) is 4.99 Å². The van der Waals surface area contributed by atoms with Crippen LogP contribution in [0.3, 0.4) is 0 Å². The molecule has 2 N–H and O–H groups in total. The van der Waals surface area contributed by atoms with Gasteiger partial charge in [-0.1, -0.05) is 25.9 Å². The minimum absolute atomic E-state index is 0.227. The molecule has 0 bridgehead atoms. The smallest absolute Gasteiger partial charge is 0.224 e. The van der Waals surface area contributed by atoms with Crippen molar-refractivity contribution in [2.45, 2.75) is 66.3 Å². The standard InChI is InChI=1S/C20H35N5O2/c1-5-17-16(18(6-2)27-24-17)13-23-20(21-7-3)22-11-10-19(26)25-12-8-9-15(4)14-25/h15H,5-14H2,1-4H3,(H2,21,22,23). The summed E-state index contributed by atoms with van der Waals surface area (Å²) in [5.41, 5.74) is 2.05. The van der Waals surface area contributed by atoms with Crippen molar-refractivity contribution in [1.29, 1.82) is 0 Å². The zero-order valence-corrected chi connectivity index (χ0v) is 17.3. The number of hydrogen-bond acceptors (Lipinski definition) is 4. The molecule has 1 amide bonds. The lowest BCUT2D eigenvalue weighted by Crippen LogP contribution is -2.42. The van der Waals surface area contributed by atoms with Gasteiger partial charge in [-0.2, -0.15) is 0 Å². The van der Waals surface area contributed by atoms with Crippen LogP contribution in [0, 0.1) is 5.92 Å². The van der Waals surface area contributed by atoms with Crippen molar-refractivity contribution in [3.63, 3.8) is 0 Å². The first-order valence-electron chi connectivity index (χ1n) is 10.3. The molecule has 0 spiro atoms. The van der Waals surface area contributed by atoms with Crippen molar-refractivity contribution in [3.8, 4) is 0 Å². The molecule has 1 aromatic rings. The second-order valence-corrected chi connectivity index (χ2v) is 7.20. The molecule has 152 valence electrons. The molecule has 1 atom stereocenters. The van der Waals surface area contributed by atoms with E-state index < -0.39 is 0 Å². The highest BCUT2D eigenvalue weighted by Gasteiger charge is 2.20. The summed E-state index contributed by atoms with van der Waals surface area (Å²) in [6, 6.07) is 0. The maximum Gasteiger partial charge on any atom is 0.224 e. The number of rotatable bonds is 8. The monoisotopic (exact) mass is 377 g/mol. The van der Waals surface area contributed by atoms with E-state index >= 15 is 0 Å². The Morgan fingerprint density at radius 1 is 1.30 bits per heavy atom. The molecule has 0 saturated carbocycles. The first kappa shape index (κ1) is 21.3. The van der Waals surface area contributed by atoms with Crippen LogP contribution in [0.25, 0.3) is 0 Å². The van der Waals surface area contributed by atoms with Gasteiger partial charge >= 0.3 is 0 Å². The van der Waals surface area contributed by atoms with Crippen molar-refractivity contribution >= 4 is 11.9 Å². The Balaban J connectivity index is 1.88. The Kier molecular flexibility index (Phi) is 8.61. The third kappa shape index (κ3) is 6.26. The maximum absolute atomic E-state index is 12.4. The number of carbonyl (C=O) groups is 1. The van der Waals surface area contributed by atoms with E-state index in [2.05, 4.69) is 41.6 Å². The van der Waals surface area contributed by atoms with E-state index in [4.69, 9.17) is 4.52 Å². The van der Waals surface area contributed by atoms with Crippen molar-refractivity contribution in [1.82, 2.24) is 20.7 Å². The quantitative estimate of drug-likeness (QED) is 0.537. The number of amides is 1. The van der Waals surface area contributed by atoms with Crippen molar-refractivity contribution in [2.75, 3.05) is 26.2 Å². The maximum atomic E-state index is 12.4. The first-order valence-corrected chi connectivity index (χ1v) is 10.3. The topological polar surface area (TPSA) is 82.8 Å². The van der Waals surface area contributed by atoms with E-state index in [1.54, 1.807) is 0 Å². The Morgan fingerprint density at radius 2 is 2.11 bits per heavy atom. The van der Waals surface area contributed by atoms with E-state index in [9.17, 15) is 4.79 Å². The summed E-state index contributed by atoms with van der Waals surface area (Å²) in [4.78, 5) is 19.1. The van der Waals surface area contributed by atoms with Crippen LogP contribution < -0.4 is 10.6 Å². The molecule has 1 unspecified atom stereocenters. The van der Waals surface area contributed by atoms with Gasteiger partial charge in [-0.3, -0.25) is 4.79 Å². The number of aliphatic imine (C=N–C) groups is 1. The van der Waals surface area contributed by atoms with E-state index in [0.717, 1.165) is 61.9 Å². The molecule has 1 fully saturated rings. The number of nitrogens with one attached hydrogen (secondary N) is 2.